The summed E-state index contributed by atoms with van der Waals surface area (Å²) < 4.78 is 16.5. The normalized spacial score (nSPS) is 23.0. The van der Waals surface area contributed by atoms with Gasteiger partial charge in [0, 0.05) is 32.8 Å². The molecule has 2 rings (SSSR count). The average Bonchev–Trinajstić information content (AvgIpc) is 2.44. The maximum atomic E-state index is 5.89. The summed E-state index contributed by atoms with van der Waals surface area (Å²) in [6.07, 6.45) is 5.37. The second-order valence-corrected chi connectivity index (χ2v) is 7.08. The zero-order chi connectivity index (χ0) is 16.2. The lowest BCUT2D eigenvalue weighted by Gasteiger charge is -2.34. The number of nitrogens with zero attached hydrogens (tertiary/aromatic N) is 1. The zero-order valence-electron chi connectivity index (χ0n) is 14.5. The van der Waals surface area contributed by atoms with Crippen LogP contribution < -0.4 is 4.74 Å². The fourth-order valence-corrected chi connectivity index (χ4v) is 2.70. The van der Waals surface area contributed by atoms with Gasteiger partial charge in [-0.2, -0.15) is 0 Å². The number of aromatic nitrogens is 1. The molecule has 1 fully saturated rings. The minimum Gasteiger partial charge on any atom is -0.489 e. The number of methoxy groups -OCH3 is 2. The van der Waals surface area contributed by atoms with E-state index in [2.05, 4.69) is 31.8 Å². The molecule has 1 saturated carbocycles. The number of rotatable bonds is 8. The minimum absolute atomic E-state index is 0.146. The van der Waals surface area contributed by atoms with E-state index in [9.17, 15) is 0 Å². The molecule has 0 aromatic carbocycles. The van der Waals surface area contributed by atoms with Crippen LogP contribution in [0.2, 0.25) is 0 Å². The van der Waals surface area contributed by atoms with Gasteiger partial charge in [-0.3, -0.25) is 4.98 Å². The maximum Gasteiger partial charge on any atom is 0.138 e. The summed E-state index contributed by atoms with van der Waals surface area (Å²) in [7, 11) is 3.51. The smallest absolute Gasteiger partial charge is 0.138 e. The molecule has 0 N–H and O–H groups in total. The zero-order valence-corrected chi connectivity index (χ0v) is 14.5. The Morgan fingerprint density at radius 3 is 2.50 bits per heavy atom. The van der Waals surface area contributed by atoms with Crippen LogP contribution in [0.4, 0.5) is 0 Å². The van der Waals surface area contributed by atoms with Crippen LogP contribution in [0.25, 0.3) is 0 Å². The van der Waals surface area contributed by atoms with Gasteiger partial charge in [0.05, 0.1) is 18.9 Å². The predicted octanol–water partition coefficient (Wildman–Crippen LogP) is 3.49. The lowest BCUT2D eigenvalue weighted by atomic mass is 9.78. The summed E-state index contributed by atoms with van der Waals surface area (Å²) in [6.45, 7) is 7.49. The Hall–Kier alpha value is -1.13. The summed E-state index contributed by atoms with van der Waals surface area (Å²) in [5, 5.41) is 0. The van der Waals surface area contributed by atoms with Crippen LogP contribution in [-0.2, 0) is 15.9 Å². The third kappa shape index (κ3) is 4.43. The molecule has 0 saturated heterocycles. The fraction of sp³-hybridized carbons (Fsp3) is 0.722. The first-order chi connectivity index (χ1) is 10.4. The lowest BCUT2D eigenvalue weighted by molar-refractivity contribution is -0.0382. The standard InChI is InChI=1S/C18H29NO3/c1-13(18(2,3)12-20-4)8-14-6-7-15(11-19-14)22-17-9-16(10-17)21-5/h6-7,11,13,16-17H,8-10,12H2,1-5H3. The fourth-order valence-electron chi connectivity index (χ4n) is 2.70. The van der Waals surface area contributed by atoms with Crippen molar-refractivity contribution in [1.82, 2.24) is 4.98 Å². The summed E-state index contributed by atoms with van der Waals surface area (Å²) >= 11 is 0. The molecule has 1 unspecified atom stereocenters. The molecule has 0 amide bonds. The Labute approximate surface area is 134 Å². The van der Waals surface area contributed by atoms with Crippen molar-refractivity contribution < 1.29 is 14.2 Å². The van der Waals surface area contributed by atoms with Crippen molar-refractivity contribution in [2.45, 2.75) is 52.2 Å². The molecule has 1 aromatic rings. The van der Waals surface area contributed by atoms with Crippen molar-refractivity contribution in [3.05, 3.63) is 24.0 Å². The first-order valence-electron chi connectivity index (χ1n) is 8.08. The number of pyridine rings is 1. The van der Waals surface area contributed by atoms with Gasteiger partial charge in [0.1, 0.15) is 11.9 Å². The van der Waals surface area contributed by atoms with E-state index in [1.165, 1.54) is 0 Å². The molecule has 1 aliphatic carbocycles. The van der Waals surface area contributed by atoms with Gasteiger partial charge in [0.25, 0.3) is 0 Å². The van der Waals surface area contributed by atoms with Gasteiger partial charge in [0.2, 0.25) is 0 Å². The van der Waals surface area contributed by atoms with E-state index in [1.807, 2.05) is 12.3 Å². The number of hydrogen-bond donors (Lipinski definition) is 0. The summed E-state index contributed by atoms with van der Waals surface area (Å²) in [6, 6.07) is 4.10. The van der Waals surface area contributed by atoms with Gasteiger partial charge in [-0.05, 0) is 29.9 Å². The van der Waals surface area contributed by atoms with E-state index in [0.29, 0.717) is 12.0 Å². The Morgan fingerprint density at radius 2 is 1.95 bits per heavy atom. The first kappa shape index (κ1) is 17.2. The summed E-state index contributed by atoms with van der Waals surface area (Å²) in [5.74, 6) is 1.35. The highest BCUT2D eigenvalue weighted by molar-refractivity contribution is 5.21. The molecule has 0 bridgehead atoms. The largest absolute Gasteiger partial charge is 0.489 e. The third-order valence-electron chi connectivity index (χ3n) is 4.85. The predicted molar refractivity (Wildman–Crippen MR) is 87.2 cm³/mol. The molecule has 124 valence electrons. The SMILES string of the molecule is COCC(C)(C)C(C)Cc1ccc(OC2CC(OC)C2)cn1. The van der Waals surface area contributed by atoms with E-state index in [1.54, 1.807) is 14.2 Å². The van der Waals surface area contributed by atoms with Crippen molar-refractivity contribution in [1.29, 1.82) is 0 Å². The topological polar surface area (TPSA) is 40.6 Å². The highest BCUT2D eigenvalue weighted by Crippen LogP contribution is 2.30. The number of hydrogen-bond acceptors (Lipinski definition) is 4. The van der Waals surface area contributed by atoms with Crippen molar-refractivity contribution in [2.24, 2.45) is 11.3 Å². The Kier molecular flexibility index (Phi) is 5.81. The molecule has 0 aliphatic heterocycles. The second-order valence-electron chi connectivity index (χ2n) is 7.08. The Bertz CT molecular complexity index is 452. The first-order valence-corrected chi connectivity index (χ1v) is 8.08. The molecule has 22 heavy (non-hydrogen) atoms. The van der Waals surface area contributed by atoms with Crippen LogP contribution in [0.5, 0.6) is 5.75 Å². The molecule has 1 heterocycles. The van der Waals surface area contributed by atoms with Crippen LogP contribution in [-0.4, -0.2) is 38.0 Å². The van der Waals surface area contributed by atoms with Crippen LogP contribution in [0.15, 0.2) is 18.3 Å². The molecular formula is C18H29NO3. The van der Waals surface area contributed by atoms with Gasteiger partial charge in [-0.25, -0.2) is 0 Å². The Morgan fingerprint density at radius 1 is 1.23 bits per heavy atom. The van der Waals surface area contributed by atoms with E-state index in [0.717, 1.165) is 37.3 Å². The van der Waals surface area contributed by atoms with Gasteiger partial charge in [-0.1, -0.05) is 20.8 Å². The van der Waals surface area contributed by atoms with E-state index in [4.69, 9.17) is 14.2 Å². The van der Waals surface area contributed by atoms with Crippen LogP contribution >= 0.6 is 0 Å². The van der Waals surface area contributed by atoms with Crippen LogP contribution in [0, 0.1) is 11.3 Å². The second kappa shape index (κ2) is 7.42. The highest BCUT2D eigenvalue weighted by Gasteiger charge is 2.31. The van der Waals surface area contributed by atoms with Gasteiger partial charge in [-0.15, -0.1) is 0 Å². The number of ether oxygens (including phenoxy) is 3. The molecule has 1 atom stereocenters. The molecule has 0 spiro atoms. The van der Waals surface area contributed by atoms with Crippen molar-refractivity contribution >= 4 is 0 Å². The van der Waals surface area contributed by atoms with Crippen molar-refractivity contribution in [3.63, 3.8) is 0 Å². The van der Waals surface area contributed by atoms with Crippen LogP contribution in [0.3, 0.4) is 0 Å². The molecule has 4 heteroatoms. The molecule has 0 radical (unpaired) electrons. The molecular weight excluding hydrogens is 278 g/mol. The lowest BCUT2D eigenvalue weighted by Crippen LogP contribution is -2.38. The van der Waals surface area contributed by atoms with Gasteiger partial charge < -0.3 is 14.2 Å². The maximum absolute atomic E-state index is 5.89. The third-order valence-corrected chi connectivity index (χ3v) is 4.85. The van der Waals surface area contributed by atoms with E-state index in [-0.39, 0.29) is 11.5 Å². The molecule has 1 aliphatic rings. The molecule has 4 nitrogen and oxygen atoms in total. The minimum atomic E-state index is 0.146. The van der Waals surface area contributed by atoms with E-state index < -0.39 is 0 Å². The quantitative estimate of drug-likeness (QED) is 0.737. The Balaban J connectivity index is 1.84. The van der Waals surface area contributed by atoms with Gasteiger partial charge >= 0.3 is 0 Å². The monoisotopic (exact) mass is 307 g/mol. The summed E-state index contributed by atoms with van der Waals surface area (Å²) in [4.78, 5) is 4.55. The van der Waals surface area contributed by atoms with E-state index >= 15 is 0 Å². The highest BCUT2D eigenvalue weighted by atomic mass is 16.5. The summed E-state index contributed by atoms with van der Waals surface area (Å²) in [5.41, 5.74) is 1.25. The van der Waals surface area contributed by atoms with Crippen molar-refractivity contribution in [3.8, 4) is 5.75 Å². The van der Waals surface area contributed by atoms with Crippen LogP contribution in [0.1, 0.15) is 39.3 Å². The van der Waals surface area contributed by atoms with Gasteiger partial charge in [0.15, 0.2) is 0 Å². The average molecular weight is 307 g/mol. The molecule has 1 aromatic heterocycles. The van der Waals surface area contributed by atoms with Crippen molar-refractivity contribution in [2.75, 3.05) is 20.8 Å².